The molecule has 0 aliphatic heterocycles. The van der Waals surface area contributed by atoms with Gasteiger partial charge >= 0.3 is 0 Å². The number of nitrogens with two attached hydrogens (primary N) is 1. The van der Waals surface area contributed by atoms with Crippen molar-refractivity contribution in [1.82, 2.24) is 4.98 Å². The van der Waals surface area contributed by atoms with Crippen LogP contribution in [-0.4, -0.2) is 16.0 Å². The summed E-state index contributed by atoms with van der Waals surface area (Å²) >= 11 is 0. The van der Waals surface area contributed by atoms with Crippen molar-refractivity contribution in [2.75, 3.05) is 0 Å². The Morgan fingerprint density at radius 2 is 1.76 bits per heavy atom. The zero-order valence-corrected chi connectivity index (χ0v) is 12.6. The summed E-state index contributed by atoms with van der Waals surface area (Å²) in [6.07, 6.45) is 1.64. The van der Waals surface area contributed by atoms with Crippen molar-refractivity contribution in [3.05, 3.63) is 52.2 Å². The fraction of sp³-hybridized carbons (Fsp3) is 0.250. The van der Waals surface area contributed by atoms with Gasteiger partial charge < -0.3 is 15.7 Å². The van der Waals surface area contributed by atoms with Gasteiger partial charge in [0.2, 0.25) is 5.88 Å². The summed E-state index contributed by atoms with van der Waals surface area (Å²) < 4.78 is 5.97. The molecular weight excluding hydrogens is 266 g/mol. The molecule has 3 N–H and O–H groups in total. The summed E-state index contributed by atoms with van der Waals surface area (Å²) in [4.78, 5) is 4.22. The summed E-state index contributed by atoms with van der Waals surface area (Å²) in [7, 11) is 0. The predicted molar refractivity (Wildman–Crippen MR) is 82.2 cm³/mol. The molecule has 0 aliphatic rings. The minimum atomic E-state index is -0.0152. The largest absolute Gasteiger partial charge is 0.438 e. The standard InChI is InChI=1S/C16H19N3O2/c1-9-5-6-11(3)14(12(9)4)21-16-13(15(17)19-20)10(2)7-8-18-16/h5-8,20H,1-4H3,(H2,17,19). The molecule has 0 fully saturated rings. The molecule has 1 aromatic carbocycles. The van der Waals surface area contributed by atoms with Crippen LogP contribution in [-0.2, 0) is 0 Å². The Hall–Kier alpha value is -2.56. The highest BCUT2D eigenvalue weighted by atomic mass is 16.5. The van der Waals surface area contributed by atoms with E-state index in [2.05, 4.69) is 10.1 Å². The van der Waals surface area contributed by atoms with E-state index in [0.29, 0.717) is 11.4 Å². The first kappa shape index (κ1) is 14.8. The Balaban J connectivity index is 2.56. The topological polar surface area (TPSA) is 80.7 Å². The van der Waals surface area contributed by atoms with Crippen molar-refractivity contribution in [2.24, 2.45) is 10.9 Å². The van der Waals surface area contributed by atoms with Crippen molar-refractivity contribution in [1.29, 1.82) is 0 Å². The zero-order valence-electron chi connectivity index (χ0n) is 12.6. The highest BCUT2D eigenvalue weighted by Gasteiger charge is 2.16. The smallest absolute Gasteiger partial charge is 0.230 e. The monoisotopic (exact) mass is 285 g/mol. The molecule has 5 nitrogen and oxygen atoms in total. The number of aromatic nitrogens is 1. The van der Waals surface area contributed by atoms with E-state index in [4.69, 9.17) is 15.7 Å². The molecule has 1 heterocycles. The first-order valence-corrected chi connectivity index (χ1v) is 6.64. The van der Waals surface area contributed by atoms with Crippen LogP contribution in [0.5, 0.6) is 11.6 Å². The number of oxime groups is 1. The van der Waals surface area contributed by atoms with Gasteiger partial charge in [0.1, 0.15) is 5.75 Å². The predicted octanol–water partition coefficient (Wildman–Crippen LogP) is 3.20. The van der Waals surface area contributed by atoms with Gasteiger partial charge in [-0.15, -0.1) is 0 Å². The Labute approximate surface area is 124 Å². The fourth-order valence-electron chi connectivity index (χ4n) is 2.15. The van der Waals surface area contributed by atoms with Gasteiger partial charge in [-0.2, -0.15) is 0 Å². The molecule has 0 amide bonds. The number of hydrogen-bond acceptors (Lipinski definition) is 4. The number of hydrogen-bond donors (Lipinski definition) is 2. The van der Waals surface area contributed by atoms with Gasteiger partial charge in [-0.25, -0.2) is 4.98 Å². The number of benzene rings is 1. The van der Waals surface area contributed by atoms with Crippen molar-refractivity contribution >= 4 is 5.84 Å². The van der Waals surface area contributed by atoms with Crippen LogP contribution in [0, 0.1) is 27.7 Å². The third-order valence-corrected chi connectivity index (χ3v) is 3.56. The summed E-state index contributed by atoms with van der Waals surface area (Å²) in [5.74, 6) is 1.07. The first-order chi connectivity index (χ1) is 9.95. The second kappa shape index (κ2) is 5.83. The second-order valence-corrected chi connectivity index (χ2v) is 5.05. The van der Waals surface area contributed by atoms with Gasteiger partial charge in [-0.05, 0) is 56.0 Å². The maximum Gasteiger partial charge on any atom is 0.230 e. The summed E-state index contributed by atoms with van der Waals surface area (Å²) in [5.41, 5.74) is 10.3. The van der Waals surface area contributed by atoms with Crippen LogP contribution in [0.2, 0.25) is 0 Å². The lowest BCUT2D eigenvalue weighted by atomic mass is 10.1. The fourth-order valence-corrected chi connectivity index (χ4v) is 2.15. The maximum absolute atomic E-state index is 8.94. The van der Waals surface area contributed by atoms with Gasteiger partial charge in [0.15, 0.2) is 5.84 Å². The van der Waals surface area contributed by atoms with Crippen molar-refractivity contribution < 1.29 is 9.94 Å². The highest BCUT2D eigenvalue weighted by Crippen LogP contribution is 2.32. The molecule has 0 atom stereocenters. The minimum absolute atomic E-state index is 0.0152. The molecule has 1 aromatic heterocycles. The molecule has 2 aromatic rings. The Bertz CT molecular complexity index is 709. The van der Waals surface area contributed by atoms with E-state index < -0.39 is 0 Å². The van der Waals surface area contributed by atoms with E-state index in [1.807, 2.05) is 39.8 Å². The molecule has 0 spiro atoms. The van der Waals surface area contributed by atoms with Gasteiger partial charge in [-0.3, -0.25) is 0 Å². The number of nitrogens with zero attached hydrogens (tertiary/aromatic N) is 2. The van der Waals surface area contributed by atoms with Crippen molar-refractivity contribution in [3.8, 4) is 11.6 Å². The summed E-state index contributed by atoms with van der Waals surface area (Å²) in [6.45, 7) is 7.85. The molecule has 0 unspecified atom stereocenters. The van der Waals surface area contributed by atoms with Crippen LogP contribution < -0.4 is 10.5 Å². The van der Waals surface area contributed by atoms with E-state index >= 15 is 0 Å². The molecule has 21 heavy (non-hydrogen) atoms. The Morgan fingerprint density at radius 1 is 1.10 bits per heavy atom. The molecule has 5 heteroatoms. The number of aryl methyl sites for hydroxylation is 3. The molecule has 0 saturated heterocycles. The van der Waals surface area contributed by atoms with E-state index in [1.54, 1.807) is 12.3 Å². The lowest BCUT2D eigenvalue weighted by Crippen LogP contribution is -2.16. The van der Waals surface area contributed by atoms with Crippen molar-refractivity contribution in [2.45, 2.75) is 27.7 Å². The van der Waals surface area contributed by atoms with Crippen LogP contribution in [0.4, 0.5) is 0 Å². The third-order valence-electron chi connectivity index (χ3n) is 3.56. The number of amidine groups is 1. The lowest BCUT2D eigenvalue weighted by molar-refractivity contribution is 0.318. The van der Waals surface area contributed by atoms with E-state index in [1.165, 1.54) is 0 Å². The molecular formula is C16H19N3O2. The Morgan fingerprint density at radius 3 is 2.43 bits per heavy atom. The van der Waals surface area contributed by atoms with Crippen LogP contribution >= 0.6 is 0 Å². The van der Waals surface area contributed by atoms with Crippen LogP contribution in [0.25, 0.3) is 0 Å². The maximum atomic E-state index is 8.94. The molecule has 2 rings (SSSR count). The van der Waals surface area contributed by atoms with Crippen LogP contribution in [0.15, 0.2) is 29.6 Å². The molecule has 0 bridgehead atoms. The molecule has 0 saturated carbocycles. The second-order valence-electron chi connectivity index (χ2n) is 5.05. The van der Waals surface area contributed by atoms with Gasteiger partial charge in [0.05, 0.1) is 5.56 Å². The minimum Gasteiger partial charge on any atom is -0.438 e. The Kier molecular flexibility index (Phi) is 4.12. The zero-order chi connectivity index (χ0) is 15.6. The quantitative estimate of drug-likeness (QED) is 0.393. The van der Waals surface area contributed by atoms with Gasteiger partial charge in [0.25, 0.3) is 0 Å². The normalized spacial score (nSPS) is 11.5. The van der Waals surface area contributed by atoms with Gasteiger partial charge in [-0.1, -0.05) is 17.3 Å². The average Bonchev–Trinajstić information content (AvgIpc) is 2.47. The van der Waals surface area contributed by atoms with E-state index in [0.717, 1.165) is 28.0 Å². The van der Waals surface area contributed by atoms with Crippen molar-refractivity contribution in [3.63, 3.8) is 0 Å². The number of rotatable bonds is 3. The highest BCUT2D eigenvalue weighted by molar-refractivity contribution is 6.00. The first-order valence-electron chi connectivity index (χ1n) is 6.64. The molecule has 0 aliphatic carbocycles. The molecule has 110 valence electrons. The van der Waals surface area contributed by atoms with E-state index in [9.17, 15) is 0 Å². The number of pyridine rings is 1. The number of ether oxygens (including phenoxy) is 1. The average molecular weight is 285 g/mol. The third kappa shape index (κ3) is 2.81. The van der Waals surface area contributed by atoms with Crippen LogP contribution in [0.3, 0.4) is 0 Å². The van der Waals surface area contributed by atoms with Crippen LogP contribution in [0.1, 0.15) is 27.8 Å². The summed E-state index contributed by atoms with van der Waals surface area (Å²) in [5, 5.41) is 12.0. The SMILES string of the molecule is Cc1ccc(C)c(Oc2nccc(C)c2/C(N)=N/O)c1C. The van der Waals surface area contributed by atoms with Gasteiger partial charge in [0, 0.05) is 6.20 Å². The molecule has 0 radical (unpaired) electrons. The van der Waals surface area contributed by atoms with E-state index in [-0.39, 0.29) is 5.84 Å². The lowest BCUT2D eigenvalue weighted by Gasteiger charge is -2.15. The summed E-state index contributed by atoms with van der Waals surface area (Å²) in [6, 6.07) is 5.83.